The smallest absolute Gasteiger partial charge is 0.321 e. The van der Waals surface area contributed by atoms with Crippen LogP contribution in [-0.4, -0.2) is 43.9 Å². The van der Waals surface area contributed by atoms with Crippen LogP contribution in [0.2, 0.25) is 0 Å². The van der Waals surface area contributed by atoms with E-state index in [0.29, 0.717) is 37.4 Å². The molecule has 1 unspecified atom stereocenters. The topological polar surface area (TPSA) is 78.9 Å². The number of hydrogen-bond donors (Lipinski definition) is 2. The van der Waals surface area contributed by atoms with Gasteiger partial charge in [-0.25, -0.2) is 4.79 Å². The van der Waals surface area contributed by atoms with Crippen molar-refractivity contribution < 1.29 is 19.4 Å². The molecule has 6 nitrogen and oxygen atoms in total. The van der Waals surface area contributed by atoms with Crippen molar-refractivity contribution in [1.29, 1.82) is 0 Å². The van der Waals surface area contributed by atoms with Crippen LogP contribution in [0.3, 0.4) is 0 Å². The number of rotatable bonds is 4. The van der Waals surface area contributed by atoms with Crippen molar-refractivity contribution >= 4 is 17.7 Å². The van der Waals surface area contributed by atoms with Crippen LogP contribution in [0.1, 0.15) is 17.9 Å². The molecule has 108 valence electrons. The Morgan fingerprint density at radius 1 is 1.45 bits per heavy atom. The molecule has 20 heavy (non-hydrogen) atoms. The maximum Gasteiger partial charge on any atom is 0.321 e. The van der Waals surface area contributed by atoms with E-state index in [4.69, 9.17) is 4.74 Å². The minimum Gasteiger partial charge on any atom is -0.481 e. The summed E-state index contributed by atoms with van der Waals surface area (Å²) in [6.45, 7) is 1.27. The van der Waals surface area contributed by atoms with Crippen molar-refractivity contribution in [2.75, 3.05) is 31.7 Å². The van der Waals surface area contributed by atoms with E-state index in [-0.39, 0.29) is 6.03 Å². The van der Waals surface area contributed by atoms with E-state index in [1.54, 1.807) is 36.3 Å². The number of ether oxygens (including phenoxy) is 1. The lowest BCUT2D eigenvalue weighted by molar-refractivity contribution is -0.139. The Hall–Kier alpha value is -2.08. The standard InChI is InChI=1S/C14H18N2O4/c1-20-9-7-15-14(19)16-8-6-11(13(17)18)10-4-2-3-5-12(10)16/h2-5,11H,6-9H2,1H3,(H,15,19)(H,17,18). The molecule has 0 fully saturated rings. The fourth-order valence-corrected chi connectivity index (χ4v) is 2.39. The number of methoxy groups -OCH3 is 1. The van der Waals surface area contributed by atoms with Crippen LogP contribution < -0.4 is 10.2 Å². The van der Waals surface area contributed by atoms with Crippen molar-refractivity contribution in [1.82, 2.24) is 5.32 Å². The molecule has 1 atom stereocenters. The Bertz CT molecular complexity index is 504. The number of fused-ring (bicyclic) bond motifs is 1. The number of carboxylic acid groups (broad SMARTS) is 1. The Balaban J connectivity index is 2.18. The number of urea groups is 1. The Labute approximate surface area is 117 Å². The van der Waals surface area contributed by atoms with Gasteiger partial charge in [-0.15, -0.1) is 0 Å². The summed E-state index contributed by atoms with van der Waals surface area (Å²) in [5.41, 5.74) is 1.36. The number of benzene rings is 1. The molecule has 0 aliphatic carbocycles. The summed E-state index contributed by atoms with van der Waals surface area (Å²) in [6, 6.07) is 6.92. The number of anilines is 1. The summed E-state index contributed by atoms with van der Waals surface area (Å²) >= 11 is 0. The Morgan fingerprint density at radius 2 is 2.20 bits per heavy atom. The van der Waals surface area contributed by atoms with Gasteiger partial charge in [-0.1, -0.05) is 18.2 Å². The summed E-state index contributed by atoms with van der Waals surface area (Å²) in [4.78, 5) is 25.0. The summed E-state index contributed by atoms with van der Waals surface area (Å²) in [6.07, 6.45) is 0.421. The number of aliphatic carboxylic acids is 1. The number of para-hydroxylation sites is 1. The van der Waals surface area contributed by atoms with Gasteiger partial charge in [0.1, 0.15) is 0 Å². The van der Waals surface area contributed by atoms with Gasteiger partial charge in [-0.3, -0.25) is 9.69 Å². The van der Waals surface area contributed by atoms with Crippen molar-refractivity contribution in [3.05, 3.63) is 29.8 Å². The van der Waals surface area contributed by atoms with Crippen molar-refractivity contribution in [2.24, 2.45) is 0 Å². The maximum atomic E-state index is 12.1. The van der Waals surface area contributed by atoms with Crippen molar-refractivity contribution in [2.45, 2.75) is 12.3 Å². The first-order chi connectivity index (χ1) is 9.65. The highest BCUT2D eigenvalue weighted by Crippen LogP contribution is 2.35. The fourth-order valence-electron chi connectivity index (χ4n) is 2.39. The van der Waals surface area contributed by atoms with E-state index in [1.165, 1.54) is 0 Å². The average molecular weight is 278 g/mol. The van der Waals surface area contributed by atoms with E-state index in [9.17, 15) is 14.7 Å². The quantitative estimate of drug-likeness (QED) is 0.816. The fraction of sp³-hybridized carbons (Fsp3) is 0.429. The van der Waals surface area contributed by atoms with Gasteiger partial charge in [0.05, 0.1) is 12.5 Å². The SMILES string of the molecule is COCCNC(=O)N1CCC(C(=O)O)c2ccccc21. The van der Waals surface area contributed by atoms with Gasteiger partial charge >= 0.3 is 12.0 Å². The molecule has 1 aromatic rings. The highest BCUT2D eigenvalue weighted by atomic mass is 16.5. The van der Waals surface area contributed by atoms with Crippen LogP contribution in [0.4, 0.5) is 10.5 Å². The van der Waals surface area contributed by atoms with Gasteiger partial charge in [0.25, 0.3) is 0 Å². The molecule has 0 radical (unpaired) electrons. The second kappa shape index (κ2) is 6.38. The molecule has 0 saturated carbocycles. The van der Waals surface area contributed by atoms with E-state index in [1.807, 2.05) is 0 Å². The van der Waals surface area contributed by atoms with Crippen molar-refractivity contribution in [3.63, 3.8) is 0 Å². The van der Waals surface area contributed by atoms with Gasteiger partial charge in [0.15, 0.2) is 0 Å². The van der Waals surface area contributed by atoms with Gasteiger partial charge in [0.2, 0.25) is 0 Å². The van der Waals surface area contributed by atoms with Crippen LogP contribution in [0, 0.1) is 0 Å². The summed E-state index contributed by atoms with van der Waals surface area (Å²) < 4.78 is 4.89. The zero-order chi connectivity index (χ0) is 14.5. The molecule has 1 heterocycles. The van der Waals surface area contributed by atoms with E-state index in [0.717, 1.165) is 0 Å². The molecule has 0 spiro atoms. The number of carbonyl (C=O) groups is 2. The van der Waals surface area contributed by atoms with Crippen LogP contribution in [0.5, 0.6) is 0 Å². The second-order valence-corrected chi connectivity index (χ2v) is 4.61. The predicted octanol–water partition coefficient (Wildman–Crippen LogP) is 1.42. The first kappa shape index (κ1) is 14.3. The number of carboxylic acids is 1. The monoisotopic (exact) mass is 278 g/mol. The lowest BCUT2D eigenvalue weighted by Gasteiger charge is -2.32. The largest absolute Gasteiger partial charge is 0.481 e. The van der Waals surface area contributed by atoms with Crippen LogP contribution in [0.25, 0.3) is 0 Å². The average Bonchev–Trinajstić information content (AvgIpc) is 2.46. The molecule has 1 aliphatic heterocycles. The lowest BCUT2D eigenvalue weighted by atomic mass is 9.90. The minimum absolute atomic E-state index is 0.224. The molecule has 0 aromatic heterocycles. The molecule has 0 saturated heterocycles. The Kier molecular flexibility index (Phi) is 4.57. The van der Waals surface area contributed by atoms with E-state index >= 15 is 0 Å². The molecule has 2 amide bonds. The number of amides is 2. The first-order valence-corrected chi connectivity index (χ1v) is 6.51. The highest BCUT2D eigenvalue weighted by molar-refractivity contribution is 5.95. The lowest BCUT2D eigenvalue weighted by Crippen LogP contribution is -2.45. The van der Waals surface area contributed by atoms with E-state index < -0.39 is 11.9 Å². The maximum absolute atomic E-state index is 12.1. The van der Waals surface area contributed by atoms with Gasteiger partial charge in [-0.05, 0) is 18.1 Å². The van der Waals surface area contributed by atoms with Crippen LogP contribution >= 0.6 is 0 Å². The number of nitrogens with one attached hydrogen (secondary N) is 1. The molecule has 6 heteroatoms. The van der Waals surface area contributed by atoms with Gasteiger partial charge in [-0.2, -0.15) is 0 Å². The molecular formula is C14H18N2O4. The normalized spacial score (nSPS) is 17.4. The zero-order valence-corrected chi connectivity index (χ0v) is 11.3. The minimum atomic E-state index is -0.850. The molecule has 2 N–H and O–H groups in total. The third-order valence-electron chi connectivity index (χ3n) is 3.37. The highest BCUT2D eigenvalue weighted by Gasteiger charge is 2.32. The number of carbonyl (C=O) groups excluding carboxylic acids is 1. The number of nitrogens with zero attached hydrogens (tertiary/aromatic N) is 1. The molecular weight excluding hydrogens is 260 g/mol. The number of hydrogen-bond acceptors (Lipinski definition) is 3. The van der Waals surface area contributed by atoms with Crippen LogP contribution in [-0.2, 0) is 9.53 Å². The summed E-state index contributed by atoms with van der Waals surface area (Å²) in [5.74, 6) is -1.40. The van der Waals surface area contributed by atoms with Gasteiger partial charge < -0.3 is 15.2 Å². The predicted molar refractivity (Wildman–Crippen MR) is 74.1 cm³/mol. The summed E-state index contributed by atoms with van der Waals surface area (Å²) in [5, 5.41) is 12.0. The first-order valence-electron chi connectivity index (χ1n) is 6.51. The van der Waals surface area contributed by atoms with E-state index in [2.05, 4.69) is 5.32 Å². The summed E-state index contributed by atoms with van der Waals surface area (Å²) in [7, 11) is 1.57. The molecule has 2 rings (SSSR count). The third-order valence-corrected chi connectivity index (χ3v) is 3.37. The van der Waals surface area contributed by atoms with Crippen LogP contribution in [0.15, 0.2) is 24.3 Å². The molecule has 1 aliphatic rings. The second-order valence-electron chi connectivity index (χ2n) is 4.61. The molecule has 0 bridgehead atoms. The zero-order valence-electron chi connectivity index (χ0n) is 11.3. The third kappa shape index (κ3) is 2.91. The molecule has 1 aromatic carbocycles. The van der Waals surface area contributed by atoms with Crippen molar-refractivity contribution in [3.8, 4) is 0 Å². The Morgan fingerprint density at radius 3 is 2.90 bits per heavy atom. The van der Waals surface area contributed by atoms with Gasteiger partial charge in [0, 0.05) is 25.9 Å².